The number of benzene rings is 2. The molecule has 0 heterocycles. The standard InChI is InChI=1S/C18H24N2O5S/c1-12-7-8-14(9-18(12)26(19,23)24)16(22)10-20-13(2)11-25-17-6-4-3-5-15(17)21/h3-9,13,16,20-22H,10-11H2,1-2H3,(H2,19,23,24). The van der Waals surface area contributed by atoms with Crippen molar-refractivity contribution in [3.8, 4) is 11.5 Å². The molecule has 0 bridgehead atoms. The number of aromatic hydroxyl groups is 1. The summed E-state index contributed by atoms with van der Waals surface area (Å²) in [7, 11) is -3.84. The molecule has 7 nitrogen and oxygen atoms in total. The van der Waals surface area contributed by atoms with Crippen LogP contribution in [0.4, 0.5) is 0 Å². The van der Waals surface area contributed by atoms with Crippen molar-refractivity contribution in [3.05, 3.63) is 53.6 Å². The maximum Gasteiger partial charge on any atom is 0.238 e. The summed E-state index contributed by atoms with van der Waals surface area (Å²) < 4.78 is 28.7. The maximum atomic E-state index is 11.6. The van der Waals surface area contributed by atoms with Crippen LogP contribution in [0.25, 0.3) is 0 Å². The molecular formula is C18H24N2O5S. The molecule has 0 aliphatic rings. The van der Waals surface area contributed by atoms with Crippen LogP contribution in [-0.4, -0.2) is 37.8 Å². The summed E-state index contributed by atoms with van der Waals surface area (Å²) in [5.74, 6) is 0.452. The predicted octanol–water partition coefficient (Wildman–Crippen LogP) is 1.44. The smallest absolute Gasteiger partial charge is 0.238 e. The third-order valence-corrected chi connectivity index (χ3v) is 4.97. The number of nitrogens with one attached hydrogen (secondary N) is 1. The zero-order valence-electron chi connectivity index (χ0n) is 14.7. The van der Waals surface area contributed by atoms with Crippen LogP contribution in [0.1, 0.15) is 24.2 Å². The first-order valence-electron chi connectivity index (χ1n) is 8.14. The van der Waals surface area contributed by atoms with Gasteiger partial charge in [-0.05, 0) is 43.2 Å². The van der Waals surface area contributed by atoms with Gasteiger partial charge in [0, 0.05) is 12.6 Å². The molecule has 0 radical (unpaired) electrons. The normalized spacial score (nSPS) is 14.0. The lowest BCUT2D eigenvalue weighted by Crippen LogP contribution is -2.35. The van der Waals surface area contributed by atoms with Crippen molar-refractivity contribution in [1.29, 1.82) is 0 Å². The number of nitrogens with two attached hydrogens (primary N) is 1. The van der Waals surface area contributed by atoms with E-state index in [1.54, 1.807) is 37.3 Å². The first-order chi connectivity index (χ1) is 12.2. The Balaban J connectivity index is 1.92. The van der Waals surface area contributed by atoms with Crippen molar-refractivity contribution >= 4 is 10.0 Å². The zero-order valence-corrected chi connectivity index (χ0v) is 15.5. The van der Waals surface area contributed by atoms with E-state index < -0.39 is 16.1 Å². The van der Waals surface area contributed by atoms with Crippen molar-refractivity contribution in [2.45, 2.75) is 30.9 Å². The van der Waals surface area contributed by atoms with Gasteiger partial charge in [0.1, 0.15) is 6.61 Å². The minimum Gasteiger partial charge on any atom is -0.504 e. The number of aliphatic hydroxyl groups is 1. The number of phenolic OH excluding ortho intramolecular Hbond substituents is 1. The molecular weight excluding hydrogens is 356 g/mol. The zero-order chi connectivity index (χ0) is 19.3. The van der Waals surface area contributed by atoms with Crippen LogP contribution in [0, 0.1) is 6.92 Å². The maximum absolute atomic E-state index is 11.6. The minimum absolute atomic E-state index is 0.00462. The average Bonchev–Trinajstić information content (AvgIpc) is 2.58. The molecule has 0 aromatic heterocycles. The summed E-state index contributed by atoms with van der Waals surface area (Å²) in [4.78, 5) is 0.00462. The number of hydrogen-bond acceptors (Lipinski definition) is 6. The highest BCUT2D eigenvalue weighted by Crippen LogP contribution is 2.24. The Morgan fingerprint density at radius 3 is 2.58 bits per heavy atom. The molecule has 0 aliphatic carbocycles. The molecule has 2 aromatic carbocycles. The molecule has 26 heavy (non-hydrogen) atoms. The molecule has 0 amide bonds. The lowest BCUT2D eigenvalue weighted by molar-refractivity contribution is 0.163. The van der Waals surface area contributed by atoms with Gasteiger partial charge in [-0.1, -0.05) is 24.3 Å². The number of rotatable bonds is 8. The molecule has 2 rings (SSSR count). The lowest BCUT2D eigenvalue weighted by atomic mass is 10.1. The Hall–Kier alpha value is -2.13. The third-order valence-electron chi connectivity index (χ3n) is 3.92. The van der Waals surface area contributed by atoms with Gasteiger partial charge < -0.3 is 20.3 Å². The number of phenols is 1. The summed E-state index contributed by atoms with van der Waals surface area (Å²) in [6.07, 6.45) is -0.899. The Kier molecular flexibility index (Phi) is 6.60. The Bertz CT molecular complexity index is 854. The SMILES string of the molecule is Cc1ccc(C(O)CNC(C)COc2ccccc2O)cc1S(N)(=O)=O. The van der Waals surface area contributed by atoms with E-state index in [0.717, 1.165) is 0 Å². The van der Waals surface area contributed by atoms with Gasteiger partial charge in [0.2, 0.25) is 10.0 Å². The summed E-state index contributed by atoms with van der Waals surface area (Å²) in [6.45, 7) is 4.02. The predicted molar refractivity (Wildman–Crippen MR) is 98.6 cm³/mol. The van der Waals surface area contributed by atoms with E-state index >= 15 is 0 Å². The van der Waals surface area contributed by atoms with E-state index in [4.69, 9.17) is 9.88 Å². The Labute approximate surface area is 153 Å². The van der Waals surface area contributed by atoms with E-state index in [1.165, 1.54) is 12.1 Å². The molecule has 0 saturated carbocycles. The number of aliphatic hydroxyl groups excluding tert-OH is 1. The number of aryl methyl sites for hydroxylation is 1. The minimum atomic E-state index is -3.84. The first kappa shape index (κ1) is 20.2. The quantitative estimate of drug-likeness (QED) is 0.550. The van der Waals surface area contributed by atoms with Crippen molar-refractivity contribution in [2.24, 2.45) is 5.14 Å². The molecule has 2 unspecified atom stereocenters. The second-order valence-corrected chi connectivity index (χ2v) is 7.70. The van der Waals surface area contributed by atoms with Crippen LogP contribution >= 0.6 is 0 Å². The monoisotopic (exact) mass is 380 g/mol. The summed E-state index contributed by atoms with van der Waals surface area (Å²) in [6, 6.07) is 11.2. The third kappa shape index (κ3) is 5.43. The highest BCUT2D eigenvalue weighted by atomic mass is 32.2. The van der Waals surface area contributed by atoms with Gasteiger partial charge in [0.25, 0.3) is 0 Å². The summed E-state index contributed by atoms with van der Waals surface area (Å²) >= 11 is 0. The fourth-order valence-corrected chi connectivity index (χ4v) is 3.23. The number of para-hydroxylation sites is 2. The van der Waals surface area contributed by atoms with E-state index in [2.05, 4.69) is 5.32 Å². The van der Waals surface area contributed by atoms with Gasteiger partial charge in [-0.2, -0.15) is 0 Å². The van der Waals surface area contributed by atoms with Gasteiger partial charge in [0.05, 0.1) is 11.0 Å². The first-order valence-corrected chi connectivity index (χ1v) is 9.68. The molecule has 2 atom stereocenters. The molecule has 0 saturated heterocycles. The van der Waals surface area contributed by atoms with Crippen LogP contribution in [0.2, 0.25) is 0 Å². The van der Waals surface area contributed by atoms with Crippen molar-refractivity contribution in [3.63, 3.8) is 0 Å². The van der Waals surface area contributed by atoms with Crippen molar-refractivity contribution in [2.75, 3.05) is 13.2 Å². The largest absolute Gasteiger partial charge is 0.504 e. The fraction of sp³-hybridized carbons (Fsp3) is 0.333. The van der Waals surface area contributed by atoms with Gasteiger partial charge in [-0.3, -0.25) is 0 Å². The van der Waals surface area contributed by atoms with Crippen LogP contribution < -0.4 is 15.2 Å². The molecule has 5 N–H and O–H groups in total. The Morgan fingerprint density at radius 1 is 1.23 bits per heavy atom. The summed E-state index contributed by atoms with van der Waals surface area (Å²) in [5, 5.41) is 28.3. The van der Waals surface area contributed by atoms with Gasteiger partial charge >= 0.3 is 0 Å². The average molecular weight is 380 g/mol. The topological polar surface area (TPSA) is 122 Å². The fourth-order valence-electron chi connectivity index (χ4n) is 2.41. The highest BCUT2D eigenvalue weighted by molar-refractivity contribution is 7.89. The molecule has 142 valence electrons. The van der Waals surface area contributed by atoms with Gasteiger partial charge in [-0.25, -0.2) is 13.6 Å². The molecule has 0 fully saturated rings. The molecule has 2 aromatic rings. The highest BCUT2D eigenvalue weighted by Gasteiger charge is 2.16. The number of sulfonamides is 1. The molecule has 0 spiro atoms. The van der Waals surface area contributed by atoms with Crippen LogP contribution in [0.5, 0.6) is 11.5 Å². The summed E-state index contributed by atoms with van der Waals surface area (Å²) in [5.41, 5.74) is 0.988. The van der Waals surface area contributed by atoms with Crippen LogP contribution in [-0.2, 0) is 10.0 Å². The number of hydrogen-bond donors (Lipinski definition) is 4. The number of ether oxygens (including phenoxy) is 1. The molecule has 8 heteroatoms. The second-order valence-electron chi connectivity index (χ2n) is 6.17. The molecule has 0 aliphatic heterocycles. The van der Waals surface area contributed by atoms with E-state index in [-0.39, 0.29) is 23.2 Å². The van der Waals surface area contributed by atoms with E-state index in [1.807, 2.05) is 6.92 Å². The number of primary sulfonamides is 1. The van der Waals surface area contributed by atoms with Crippen LogP contribution in [0.15, 0.2) is 47.4 Å². The van der Waals surface area contributed by atoms with E-state index in [0.29, 0.717) is 23.5 Å². The van der Waals surface area contributed by atoms with Crippen molar-refractivity contribution in [1.82, 2.24) is 5.32 Å². The lowest BCUT2D eigenvalue weighted by Gasteiger charge is -2.19. The second kappa shape index (κ2) is 8.50. The van der Waals surface area contributed by atoms with E-state index in [9.17, 15) is 18.6 Å². The van der Waals surface area contributed by atoms with Gasteiger partial charge in [-0.15, -0.1) is 0 Å². The van der Waals surface area contributed by atoms with Gasteiger partial charge in [0.15, 0.2) is 11.5 Å². The van der Waals surface area contributed by atoms with Crippen molar-refractivity contribution < 1.29 is 23.4 Å². The Morgan fingerprint density at radius 2 is 1.92 bits per heavy atom. The van der Waals surface area contributed by atoms with Crippen LogP contribution in [0.3, 0.4) is 0 Å².